The molecule has 5 heteroatoms. The normalized spacial score (nSPS) is 16.4. The number of aromatic nitrogens is 2. The maximum absolute atomic E-state index is 4.73. The molecule has 2 aromatic carbocycles. The second-order valence-electron chi connectivity index (χ2n) is 10.7. The van der Waals surface area contributed by atoms with Gasteiger partial charge in [0.05, 0.1) is 0 Å². The average Bonchev–Trinajstić information content (AvgIpc) is 3.53. The summed E-state index contributed by atoms with van der Waals surface area (Å²) in [6, 6.07) is 26.4. The van der Waals surface area contributed by atoms with Gasteiger partial charge < -0.3 is 24.8 Å². The van der Waals surface area contributed by atoms with E-state index in [4.69, 9.17) is 9.97 Å². The molecule has 0 amide bonds. The SMILES string of the molecule is CCCCC1=Cc2c(-c3ccccn3)cccc2[CH]1[Zr+2][CH]1C(CCCC)=Cc2c(-c3ccccn3)cccc21.[Cl-].[Cl-]. The van der Waals surface area contributed by atoms with E-state index in [1.807, 2.05) is 24.5 Å². The summed E-state index contributed by atoms with van der Waals surface area (Å²) < 4.78 is 1.22. The molecule has 6 rings (SSSR count). The summed E-state index contributed by atoms with van der Waals surface area (Å²) in [6.07, 6.45) is 16.3. The van der Waals surface area contributed by atoms with Gasteiger partial charge in [0.25, 0.3) is 0 Å². The van der Waals surface area contributed by atoms with E-state index in [9.17, 15) is 0 Å². The van der Waals surface area contributed by atoms with Crippen molar-refractivity contribution in [3.05, 3.63) is 119 Å². The van der Waals surface area contributed by atoms with Crippen molar-refractivity contribution in [1.82, 2.24) is 9.97 Å². The average molecular weight is 659 g/mol. The predicted octanol–water partition coefficient (Wildman–Crippen LogP) is 3.86. The van der Waals surface area contributed by atoms with E-state index in [1.54, 1.807) is 22.3 Å². The first-order valence-electron chi connectivity index (χ1n) is 14.5. The first-order valence-corrected chi connectivity index (χ1v) is 17.4. The summed E-state index contributed by atoms with van der Waals surface area (Å²) in [5.41, 5.74) is 14.0. The van der Waals surface area contributed by atoms with Crippen molar-refractivity contribution in [3.63, 3.8) is 0 Å². The van der Waals surface area contributed by atoms with Crippen LogP contribution in [-0.2, 0) is 23.2 Å². The first-order chi connectivity index (χ1) is 19.3. The van der Waals surface area contributed by atoms with Crippen LogP contribution >= 0.6 is 0 Å². The van der Waals surface area contributed by atoms with Crippen LogP contribution in [0.1, 0.15) is 81.9 Å². The number of unbranched alkanes of at least 4 members (excludes halogenated alkanes) is 2. The molecule has 2 aliphatic carbocycles. The molecule has 0 aliphatic heterocycles. The second-order valence-corrected chi connectivity index (χ2v) is 14.4. The minimum Gasteiger partial charge on any atom is -1.00 e. The van der Waals surface area contributed by atoms with Gasteiger partial charge in [-0.15, -0.1) is 0 Å². The molecule has 0 bridgehead atoms. The third-order valence-corrected chi connectivity index (χ3v) is 13.1. The van der Waals surface area contributed by atoms with Gasteiger partial charge in [-0.2, -0.15) is 0 Å². The number of rotatable bonds is 10. The van der Waals surface area contributed by atoms with Crippen LogP contribution in [-0.4, -0.2) is 9.97 Å². The summed E-state index contributed by atoms with van der Waals surface area (Å²) in [5, 5.41) is 0. The Hall–Kier alpha value is -2.32. The van der Waals surface area contributed by atoms with Gasteiger partial charge >= 0.3 is 246 Å². The second kappa shape index (κ2) is 14.7. The molecule has 2 aromatic heterocycles. The number of nitrogens with zero attached hydrogens (tertiary/aromatic N) is 2. The zero-order valence-corrected chi connectivity index (χ0v) is 27.8. The molecule has 2 atom stereocenters. The predicted molar refractivity (Wildman–Crippen MR) is 160 cm³/mol. The number of hydrogen-bond donors (Lipinski definition) is 0. The molecule has 0 saturated heterocycles. The zero-order valence-electron chi connectivity index (χ0n) is 23.8. The summed E-state index contributed by atoms with van der Waals surface area (Å²) in [4.78, 5) is 9.45. The van der Waals surface area contributed by atoms with Gasteiger partial charge in [0.15, 0.2) is 0 Å². The van der Waals surface area contributed by atoms with Crippen LogP contribution in [0.25, 0.3) is 34.7 Å². The van der Waals surface area contributed by atoms with Crippen LogP contribution in [0, 0.1) is 0 Å². The Bertz CT molecular complexity index is 1400. The molecule has 0 N–H and O–H groups in total. The maximum atomic E-state index is 4.73. The van der Waals surface area contributed by atoms with Crippen molar-refractivity contribution in [2.45, 2.75) is 59.6 Å². The van der Waals surface area contributed by atoms with Gasteiger partial charge in [-0.25, -0.2) is 0 Å². The minimum absolute atomic E-state index is 0. The number of pyridine rings is 2. The molecular formula is C36H36Cl2N2Zr. The number of allylic oxidation sites excluding steroid dienone is 2. The van der Waals surface area contributed by atoms with Crippen LogP contribution < -0.4 is 24.8 Å². The van der Waals surface area contributed by atoms with Crippen molar-refractivity contribution in [2.24, 2.45) is 0 Å². The van der Waals surface area contributed by atoms with E-state index >= 15 is 0 Å². The Kier molecular flexibility index (Phi) is 11.4. The van der Waals surface area contributed by atoms with Crippen LogP contribution in [0.3, 0.4) is 0 Å². The number of halogens is 2. The number of fused-ring (bicyclic) bond motifs is 2. The molecule has 2 unspecified atom stereocenters. The minimum atomic E-state index is -0.954. The Morgan fingerprint density at radius 1 is 0.585 bits per heavy atom. The van der Waals surface area contributed by atoms with Crippen molar-refractivity contribution in [1.29, 1.82) is 0 Å². The zero-order chi connectivity index (χ0) is 26.6. The maximum Gasteiger partial charge on any atom is -1.00 e. The fourth-order valence-electron chi connectivity index (χ4n) is 6.17. The van der Waals surface area contributed by atoms with Gasteiger partial charge in [-0.3, -0.25) is 0 Å². The molecule has 0 saturated carbocycles. The summed E-state index contributed by atoms with van der Waals surface area (Å²) in [6.45, 7) is 4.63. The Balaban J connectivity index is 0.00000194. The van der Waals surface area contributed by atoms with Crippen molar-refractivity contribution in [2.75, 3.05) is 0 Å². The quantitative estimate of drug-likeness (QED) is 0.259. The molecule has 2 heterocycles. The summed E-state index contributed by atoms with van der Waals surface area (Å²) >= 11 is -0.954. The Morgan fingerprint density at radius 2 is 1.05 bits per heavy atom. The summed E-state index contributed by atoms with van der Waals surface area (Å²) in [5.74, 6) is 0. The molecule has 2 nitrogen and oxygen atoms in total. The molecule has 0 fully saturated rings. The molecule has 0 spiro atoms. The smallest absolute Gasteiger partial charge is 1.00 e. The number of hydrogen-bond acceptors (Lipinski definition) is 2. The largest absolute Gasteiger partial charge is 1.00 e. The van der Waals surface area contributed by atoms with Gasteiger partial charge in [0.1, 0.15) is 0 Å². The van der Waals surface area contributed by atoms with Gasteiger partial charge in [0, 0.05) is 0 Å². The third-order valence-electron chi connectivity index (χ3n) is 8.16. The summed E-state index contributed by atoms with van der Waals surface area (Å²) in [7, 11) is 0. The molecule has 208 valence electrons. The molecular weight excluding hydrogens is 623 g/mol. The Morgan fingerprint density at radius 3 is 1.44 bits per heavy atom. The Labute approximate surface area is 269 Å². The van der Waals surface area contributed by atoms with E-state index in [2.05, 4.69) is 86.7 Å². The van der Waals surface area contributed by atoms with Crippen molar-refractivity contribution < 1.29 is 48.0 Å². The van der Waals surface area contributed by atoms with Gasteiger partial charge in [-0.1, -0.05) is 0 Å². The van der Waals surface area contributed by atoms with Crippen LogP contribution in [0.2, 0.25) is 0 Å². The van der Waals surface area contributed by atoms with Crippen molar-refractivity contribution in [3.8, 4) is 22.5 Å². The topological polar surface area (TPSA) is 25.8 Å². The monoisotopic (exact) mass is 656 g/mol. The van der Waals surface area contributed by atoms with E-state index in [0.717, 1.165) is 11.4 Å². The number of benzene rings is 2. The first kappa shape index (κ1) is 31.6. The fraction of sp³-hybridized carbons (Fsp3) is 0.278. The fourth-order valence-corrected chi connectivity index (χ4v) is 11.3. The molecule has 4 aromatic rings. The third kappa shape index (κ3) is 6.54. The standard InChI is InChI=1S/2C18H18N.2ClH.Zr/c2*1-2-3-7-14-12-15-8-6-9-16(17(15)13-14)18-10-4-5-11-19-18;;;/h2*4-6,8-13H,2-3,7H2,1H3;2*1H;/q;;;;+2/p-2. The van der Waals surface area contributed by atoms with Crippen LogP contribution in [0.4, 0.5) is 0 Å². The molecule has 41 heavy (non-hydrogen) atoms. The van der Waals surface area contributed by atoms with E-state index in [-0.39, 0.29) is 24.8 Å². The van der Waals surface area contributed by atoms with E-state index in [0.29, 0.717) is 7.25 Å². The molecule has 2 aliphatic rings. The van der Waals surface area contributed by atoms with E-state index < -0.39 is 23.2 Å². The van der Waals surface area contributed by atoms with Gasteiger partial charge in [-0.05, 0) is 0 Å². The molecule has 0 radical (unpaired) electrons. The van der Waals surface area contributed by atoms with Crippen LogP contribution in [0.5, 0.6) is 0 Å². The van der Waals surface area contributed by atoms with Gasteiger partial charge in [0.2, 0.25) is 0 Å². The van der Waals surface area contributed by atoms with Crippen molar-refractivity contribution >= 4 is 12.2 Å². The van der Waals surface area contributed by atoms with E-state index in [1.165, 1.54) is 60.8 Å². The van der Waals surface area contributed by atoms with Crippen LogP contribution in [0.15, 0.2) is 96.3 Å².